The monoisotopic (exact) mass is 579 g/mol. The number of alkyl halides is 1. The van der Waals surface area contributed by atoms with E-state index in [1.165, 1.54) is 23.6 Å². The third-order valence-corrected chi connectivity index (χ3v) is 7.64. The standard InChI is InChI=1S/C22H29ClN3O7PS2/c1-12(2)31-21(28)14(4)25-34(29,33-15-8-6-5-7-9-15)30-11-16-18(27)17(23)20(32-16)26-10-13(3)19(35)24-22(26)36/h5-10,12,14,16-18,20,27H,11H2,1-4H3,(H,25,29)(H,24,35,36)/t14-,16-,17+,18?,20-,34?/m0/s1/i11D2. The van der Waals surface area contributed by atoms with Crippen molar-refractivity contribution in [2.45, 2.75) is 63.7 Å². The largest absolute Gasteiger partial charge is 0.462 e. The molecule has 1 aromatic heterocycles. The van der Waals surface area contributed by atoms with E-state index in [9.17, 15) is 14.5 Å². The number of H-pyrrole nitrogens is 1. The molecule has 6 atom stereocenters. The summed E-state index contributed by atoms with van der Waals surface area (Å²) in [7, 11) is -4.64. The van der Waals surface area contributed by atoms with E-state index in [0.29, 0.717) is 10.2 Å². The number of carbonyl (C=O) groups is 1. The SMILES string of the molecule is [2H]C([2H])(OP(=O)(N[C@@H](C)C(=O)OC(C)C)Oc1ccccc1)[C@@H]1O[C@H](n2cc(C)c(=S)[nH]c2=S)[C@H](Cl)C1O. The van der Waals surface area contributed by atoms with Crippen LogP contribution in [0, 0.1) is 16.3 Å². The van der Waals surface area contributed by atoms with Gasteiger partial charge in [0.2, 0.25) is 0 Å². The van der Waals surface area contributed by atoms with Crippen LogP contribution in [0.4, 0.5) is 0 Å². The number of aliphatic hydroxyl groups is 1. The predicted molar refractivity (Wildman–Crippen MR) is 139 cm³/mol. The van der Waals surface area contributed by atoms with Crippen LogP contribution in [0.15, 0.2) is 36.5 Å². The summed E-state index contributed by atoms with van der Waals surface area (Å²) < 4.78 is 54.6. The van der Waals surface area contributed by atoms with Crippen molar-refractivity contribution in [3.05, 3.63) is 51.5 Å². The normalized spacial score (nSPS) is 25.5. The maximum Gasteiger partial charge on any atom is 0.459 e. The maximum atomic E-state index is 13.8. The van der Waals surface area contributed by atoms with Gasteiger partial charge in [0, 0.05) is 11.8 Å². The predicted octanol–water partition coefficient (Wildman–Crippen LogP) is 4.58. The topological polar surface area (TPSA) is 124 Å². The van der Waals surface area contributed by atoms with Gasteiger partial charge in [-0.25, -0.2) is 4.57 Å². The van der Waals surface area contributed by atoms with Crippen molar-refractivity contribution in [2.24, 2.45) is 0 Å². The molecule has 0 amide bonds. The zero-order valence-electron chi connectivity index (χ0n) is 21.9. The number of rotatable bonds is 10. The minimum absolute atomic E-state index is 0.0749. The number of hydrogen-bond acceptors (Lipinski definition) is 9. The van der Waals surface area contributed by atoms with Crippen molar-refractivity contribution in [1.29, 1.82) is 0 Å². The Morgan fingerprint density at radius 2 is 2.03 bits per heavy atom. The summed E-state index contributed by atoms with van der Waals surface area (Å²) in [6.07, 6.45) is -3.34. The van der Waals surface area contributed by atoms with Crippen LogP contribution < -0.4 is 9.61 Å². The lowest BCUT2D eigenvalue weighted by Crippen LogP contribution is -2.37. The Balaban J connectivity index is 1.90. The number of aryl methyl sites for hydroxylation is 1. The smallest absolute Gasteiger partial charge is 0.459 e. The third-order valence-electron chi connectivity index (χ3n) is 4.93. The van der Waals surface area contributed by atoms with E-state index in [2.05, 4.69) is 10.1 Å². The number of nitrogens with one attached hydrogen (secondary N) is 2. The Kier molecular flexibility index (Phi) is 8.86. The first-order valence-electron chi connectivity index (χ1n) is 12.0. The van der Waals surface area contributed by atoms with Crippen LogP contribution >= 0.6 is 43.8 Å². The lowest BCUT2D eigenvalue weighted by molar-refractivity contribution is -0.149. The number of benzene rings is 1. The summed E-state index contributed by atoms with van der Waals surface area (Å²) in [6, 6.07) is 6.64. The van der Waals surface area contributed by atoms with Gasteiger partial charge in [-0.3, -0.25) is 13.9 Å². The second-order valence-electron chi connectivity index (χ2n) is 8.31. The molecule has 2 heterocycles. The van der Waals surface area contributed by atoms with E-state index in [1.54, 1.807) is 45.2 Å². The molecule has 198 valence electrons. The lowest BCUT2D eigenvalue weighted by Gasteiger charge is -2.25. The van der Waals surface area contributed by atoms with Gasteiger partial charge in [-0.1, -0.05) is 30.4 Å². The molecule has 0 radical (unpaired) electrons. The van der Waals surface area contributed by atoms with Gasteiger partial charge in [0.1, 0.15) is 34.0 Å². The van der Waals surface area contributed by atoms with E-state index in [4.69, 9.17) is 57.3 Å². The summed E-state index contributed by atoms with van der Waals surface area (Å²) in [6.45, 7) is 3.45. The van der Waals surface area contributed by atoms with Crippen molar-refractivity contribution >= 4 is 49.8 Å². The average Bonchev–Trinajstić information content (AvgIpc) is 3.11. The number of esters is 1. The number of aromatic nitrogens is 2. The molecule has 3 N–H and O–H groups in total. The van der Waals surface area contributed by atoms with Gasteiger partial charge >= 0.3 is 13.7 Å². The van der Waals surface area contributed by atoms with Crippen molar-refractivity contribution < 1.29 is 35.7 Å². The Morgan fingerprint density at radius 1 is 1.36 bits per heavy atom. The van der Waals surface area contributed by atoms with Crippen LogP contribution in [0.5, 0.6) is 5.75 Å². The minimum atomic E-state index is -4.64. The highest BCUT2D eigenvalue weighted by Gasteiger charge is 2.45. The van der Waals surface area contributed by atoms with Gasteiger partial charge in [-0.05, 0) is 52.0 Å². The summed E-state index contributed by atoms with van der Waals surface area (Å²) in [5, 5.41) is 12.1. The second kappa shape index (κ2) is 12.3. The Hall–Kier alpha value is -1.63. The molecule has 10 nitrogen and oxygen atoms in total. The Bertz CT molecular complexity index is 1310. The average molecular weight is 580 g/mol. The summed E-state index contributed by atoms with van der Waals surface area (Å²) in [4.78, 5) is 15.2. The first kappa shape index (κ1) is 26.0. The minimum Gasteiger partial charge on any atom is -0.462 e. The van der Waals surface area contributed by atoms with Crippen molar-refractivity contribution in [2.75, 3.05) is 6.56 Å². The molecule has 0 spiro atoms. The Labute approximate surface area is 227 Å². The van der Waals surface area contributed by atoms with Crippen molar-refractivity contribution in [1.82, 2.24) is 14.6 Å². The highest BCUT2D eigenvalue weighted by molar-refractivity contribution is 7.72. The first-order valence-corrected chi connectivity index (χ1v) is 13.8. The summed E-state index contributed by atoms with van der Waals surface area (Å²) in [5.41, 5.74) is 0.644. The quantitative estimate of drug-likeness (QED) is 0.159. The molecule has 1 aliphatic heterocycles. The van der Waals surface area contributed by atoms with Crippen LogP contribution in [-0.2, 0) is 23.4 Å². The molecule has 1 aromatic carbocycles. The van der Waals surface area contributed by atoms with Crippen molar-refractivity contribution in [3.8, 4) is 5.75 Å². The first-order chi connectivity index (χ1) is 17.6. The molecule has 2 unspecified atom stereocenters. The molecule has 14 heteroatoms. The summed E-state index contributed by atoms with van der Waals surface area (Å²) in [5.74, 6) is -0.684. The van der Waals surface area contributed by atoms with Gasteiger partial charge < -0.3 is 24.1 Å². The fourth-order valence-corrected chi connectivity index (χ4v) is 5.32. The number of para-hydroxylation sites is 1. The van der Waals surface area contributed by atoms with Crippen molar-refractivity contribution in [3.63, 3.8) is 0 Å². The molecule has 2 aromatic rings. The third kappa shape index (κ3) is 7.23. The van der Waals surface area contributed by atoms with Crippen LogP contribution in [-0.4, -0.2) is 56.9 Å². The highest BCUT2D eigenvalue weighted by Crippen LogP contribution is 2.46. The number of aromatic amines is 1. The van der Waals surface area contributed by atoms with E-state index in [1.807, 2.05) is 0 Å². The fraction of sp³-hybridized carbons (Fsp3) is 0.500. The maximum absolute atomic E-state index is 13.8. The second-order valence-corrected chi connectivity index (χ2v) is 11.2. The molecule has 0 bridgehead atoms. The molecule has 0 aliphatic carbocycles. The van der Waals surface area contributed by atoms with Gasteiger partial charge in [0.05, 0.1) is 15.4 Å². The molecule has 3 rings (SSSR count). The van der Waals surface area contributed by atoms with E-state index >= 15 is 0 Å². The van der Waals surface area contributed by atoms with Gasteiger partial charge in [-0.15, -0.1) is 11.6 Å². The zero-order chi connectivity index (χ0) is 28.4. The molecular formula is C22H29ClN3O7PS2. The van der Waals surface area contributed by atoms with Gasteiger partial charge in [0.25, 0.3) is 0 Å². The molecule has 1 saturated heterocycles. The number of halogens is 1. The number of aliphatic hydroxyl groups excluding tert-OH is 1. The van der Waals surface area contributed by atoms with Crippen LogP contribution in [0.25, 0.3) is 0 Å². The van der Waals surface area contributed by atoms with Crippen LogP contribution in [0.3, 0.4) is 0 Å². The fourth-order valence-electron chi connectivity index (χ4n) is 3.17. The van der Waals surface area contributed by atoms with Crippen LogP contribution in [0.1, 0.15) is 35.3 Å². The summed E-state index contributed by atoms with van der Waals surface area (Å²) >= 11 is 16.9. The molecule has 1 aliphatic rings. The zero-order valence-corrected chi connectivity index (χ0v) is 23.2. The Morgan fingerprint density at radius 3 is 2.67 bits per heavy atom. The number of nitrogens with zero attached hydrogens (tertiary/aromatic N) is 1. The van der Waals surface area contributed by atoms with Crippen LogP contribution in [0.2, 0.25) is 0 Å². The van der Waals surface area contributed by atoms with Gasteiger partial charge in [-0.2, -0.15) is 5.09 Å². The molecule has 36 heavy (non-hydrogen) atoms. The van der Waals surface area contributed by atoms with E-state index in [-0.39, 0.29) is 10.5 Å². The van der Waals surface area contributed by atoms with E-state index in [0.717, 1.165) is 0 Å². The molecule has 0 saturated carbocycles. The number of ether oxygens (including phenoxy) is 2. The number of hydrogen-bond donors (Lipinski definition) is 3. The number of carbonyl (C=O) groups excluding carboxylic acids is 1. The molecular weight excluding hydrogens is 549 g/mol. The highest BCUT2D eigenvalue weighted by atomic mass is 35.5. The van der Waals surface area contributed by atoms with Gasteiger partial charge in [0.15, 0.2) is 11.0 Å². The lowest BCUT2D eigenvalue weighted by atomic mass is 10.2. The molecule has 1 fully saturated rings. The van der Waals surface area contributed by atoms with E-state index < -0.39 is 56.2 Å².